The van der Waals surface area contributed by atoms with E-state index in [1.165, 1.54) is 18.4 Å². The first kappa shape index (κ1) is 19.9. The summed E-state index contributed by atoms with van der Waals surface area (Å²) in [5, 5.41) is 0. The van der Waals surface area contributed by atoms with E-state index in [2.05, 4.69) is 49.5 Å². The molecule has 0 atom stereocenters. The summed E-state index contributed by atoms with van der Waals surface area (Å²) in [4.78, 5) is 12.8. The van der Waals surface area contributed by atoms with Crippen molar-refractivity contribution in [3.8, 4) is 11.8 Å². The summed E-state index contributed by atoms with van der Waals surface area (Å²) in [6.07, 6.45) is 1.18. The molecule has 2 aromatic rings. The standard InChI is InChI=1S/C22H25NO2S/c1-22(2,3)13-14-26-18-10-7-16(8-11-18)5-6-17-9-12-19(20(23)15-17)21(24)25-4/h7-12,15H,13-14,23H2,1-4H3. The fourth-order valence-electron chi connectivity index (χ4n) is 2.19. The summed E-state index contributed by atoms with van der Waals surface area (Å²) in [5.41, 5.74) is 8.69. The van der Waals surface area contributed by atoms with Crippen LogP contribution in [0.25, 0.3) is 0 Å². The van der Waals surface area contributed by atoms with Gasteiger partial charge < -0.3 is 10.5 Å². The molecule has 136 valence electrons. The Morgan fingerprint density at radius 3 is 2.27 bits per heavy atom. The summed E-state index contributed by atoms with van der Waals surface area (Å²) in [6.45, 7) is 6.78. The normalized spacial score (nSPS) is 10.8. The maximum atomic E-state index is 11.5. The van der Waals surface area contributed by atoms with E-state index >= 15 is 0 Å². The highest BCUT2D eigenvalue weighted by Crippen LogP contribution is 2.26. The van der Waals surface area contributed by atoms with E-state index in [1.807, 2.05) is 23.9 Å². The van der Waals surface area contributed by atoms with Crippen molar-refractivity contribution in [3.63, 3.8) is 0 Å². The van der Waals surface area contributed by atoms with E-state index in [-0.39, 0.29) is 0 Å². The number of rotatable bonds is 4. The van der Waals surface area contributed by atoms with Crippen molar-refractivity contribution in [3.05, 3.63) is 59.2 Å². The van der Waals surface area contributed by atoms with Crippen molar-refractivity contribution < 1.29 is 9.53 Å². The second kappa shape index (κ2) is 8.82. The molecule has 0 aliphatic carbocycles. The topological polar surface area (TPSA) is 52.3 Å². The van der Waals surface area contributed by atoms with E-state index < -0.39 is 5.97 Å². The Bertz CT molecular complexity index is 824. The molecule has 0 bridgehead atoms. The number of ether oxygens (including phenoxy) is 1. The van der Waals surface area contributed by atoms with Crippen molar-refractivity contribution in [1.82, 2.24) is 0 Å². The molecule has 0 unspecified atom stereocenters. The van der Waals surface area contributed by atoms with Gasteiger partial charge in [-0.05, 0) is 60.1 Å². The minimum absolute atomic E-state index is 0.356. The molecular formula is C22H25NO2S. The molecule has 4 heteroatoms. The summed E-state index contributed by atoms with van der Waals surface area (Å²) in [5.74, 6) is 6.88. The van der Waals surface area contributed by atoms with Crippen molar-refractivity contribution in [1.29, 1.82) is 0 Å². The maximum absolute atomic E-state index is 11.5. The van der Waals surface area contributed by atoms with Crippen LogP contribution in [0.15, 0.2) is 47.4 Å². The summed E-state index contributed by atoms with van der Waals surface area (Å²) < 4.78 is 4.69. The number of methoxy groups -OCH3 is 1. The van der Waals surface area contributed by atoms with Crippen LogP contribution >= 0.6 is 11.8 Å². The third kappa shape index (κ3) is 6.16. The van der Waals surface area contributed by atoms with Crippen LogP contribution in [-0.4, -0.2) is 18.8 Å². The monoisotopic (exact) mass is 367 g/mol. The number of carbonyl (C=O) groups excluding carboxylic acids is 1. The third-order valence-electron chi connectivity index (χ3n) is 3.78. The molecule has 26 heavy (non-hydrogen) atoms. The molecule has 0 saturated carbocycles. The van der Waals surface area contributed by atoms with Gasteiger partial charge in [0.05, 0.1) is 12.7 Å². The molecule has 0 fully saturated rings. The number of benzene rings is 2. The van der Waals surface area contributed by atoms with Gasteiger partial charge in [0, 0.05) is 21.7 Å². The summed E-state index contributed by atoms with van der Waals surface area (Å²) in [6, 6.07) is 13.4. The van der Waals surface area contributed by atoms with Crippen LogP contribution < -0.4 is 5.73 Å². The maximum Gasteiger partial charge on any atom is 0.339 e. The number of hydrogen-bond acceptors (Lipinski definition) is 4. The minimum atomic E-state index is -0.443. The largest absolute Gasteiger partial charge is 0.465 e. The van der Waals surface area contributed by atoms with Gasteiger partial charge in [-0.3, -0.25) is 0 Å². The predicted octanol–water partition coefficient (Wildman–Crippen LogP) is 4.98. The molecule has 0 saturated heterocycles. The van der Waals surface area contributed by atoms with Crippen LogP contribution in [0, 0.1) is 17.3 Å². The second-order valence-electron chi connectivity index (χ2n) is 7.23. The van der Waals surface area contributed by atoms with Gasteiger partial charge in [0.1, 0.15) is 0 Å². The Hall–Kier alpha value is -2.38. The SMILES string of the molecule is COC(=O)c1ccc(C#Cc2ccc(SCCC(C)(C)C)cc2)cc1N. The highest BCUT2D eigenvalue weighted by Gasteiger charge is 2.10. The van der Waals surface area contributed by atoms with Crippen LogP contribution in [0.3, 0.4) is 0 Å². The van der Waals surface area contributed by atoms with E-state index in [9.17, 15) is 4.79 Å². The van der Waals surface area contributed by atoms with Gasteiger partial charge >= 0.3 is 5.97 Å². The van der Waals surface area contributed by atoms with Gasteiger partial charge in [-0.1, -0.05) is 32.6 Å². The Balaban J connectivity index is 2.01. The van der Waals surface area contributed by atoms with E-state index in [1.54, 1.807) is 18.2 Å². The number of anilines is 1. The van der Waals surface area contributed by atoms with Gasteiger partial charge in [0.25, 0.3) is 0 Å². The van der Waals surface area contributed by atoms with Crippen LogP contribution in [0.2, 0.25) is 0 Å². The molecule has 0 aromatic heterocycles. The van der Waals surface area contributed by atoms with Crippen molar-refractivity contribution in [2.45, 2.75) is 32.1 Å². The Morgan fingerprint density at radius 1 is 1.08 bits per heavy atom. The first-order valence-electron chi connectivity index (χ1n) is 8.51. The molecule has 0 amide bonds. The molecule has 0 aliphatic heterocycles. The number of carbonyl (C=O) groups is 1. The highest BCUT2D eigenvalue weighted by molar-refractivity contribution is 7.99. The Kier molecular flexibility index (Phi) is 6.76. The van der Waals surface area contributed by atoms with Crippen LogP contribution in [0.5, 0.6) is 0 Å². The van der Waals surface area contributed by atoms with Crippen LogP contribution in [-0.2, 0) is 4.74 Å². The highest BCUT2D eigenvalue weighted by atomic mass is 32.2. The molecule has 2 rings (SSSR count). The van der Waals surface area contributed by atoms with Gasteiger partial charge in [0.15, 0.2) is 0 Å². The lowest BCUT2D eigenvalue weighted by Gasteiger charge is -2.17. The van der Waals surface area contributed by atoms with Crippen LogP contribution in [0.4, 0.5) is 5.69 Å². The Morgan fingerprint density at radius 2 is 1.69 bits per heavy atom. The lowest BCUT2D eigenvalue weighted by Crippen LogP contribution is -2.05. The number of nitrogen functional groups attached to an aromatic ring is 1. The molecule has 2 N–H and O–H groups in total. The average Bonchev–Trinajstić information content (AvgIpc) is 2.59. The fraction of sp³-hybridized carbons (Fsp3) is 0.318. The molecule has 2 aromatic carbocycles. The second-order valence-corrected chi connectivity index (χ2v) is 8.40. The zero-order chi connectivity index (χ0) is 19.2. The number of esters is 1. The predicted molar refractivity (Wildman–Crippen MR) is 109 cm³/mol. The smallest absolute Gasteiger partial charge is 0.339 e. The van der Waals surface area contributed by atoms with Crippen molar-refractivity contribution in [2.75, 3.05) is 18.6 Å². The molecule has 0 radical (unpaired) electrons. The molecule has 0 aliphatic rings. The molecule has 3 nitrogen and oxygen atoms in total. The quantitative estimate of drug-likeness (QED) is 0.358. The van der Waals surface area contributed by atoms with E-state index in [0.717, 1.165) is 16.9 Å². The van der Waals surface area contributed by atoms with Gasteiger partial charge in [-0.15, -0.1) is 11.8 Å². The fourth-order valence-corrected chi connectivity index (χ4v) is 3.47. The van der Waals surface area contributed by atoms with Gasteiger partial charge in [-0.25, -0.2) is 4.79 Å². The number of thioether (sulfide) groups is 1. The van der Waals surface area contributed by atoms with Gasteiger partial charge in [-0.2, -0.15) is 0 Å². The summed E-state index contributed by atoms with van der Waals surface area (Å²) in [7, 11) is 1.33. The summed E-state index contributed by atoms with van der Waals surface area (Å²) >= 11 is 1.87. The molecule has 0 heterocycles. The van der Waals surface area contributed by atoms with E-state index in [0.29, 0.717) is 16.7 Å². The zero-order valence-corrected chi connectivity index (χ0v) is 16.6. The van der Waals surface area contributed by atoms with E-state index in [4.69, 9.17) is 5.73 Å². The van der Waals surface area contributed by atoms with Crippen molar-refractivity contribution in [2.24, 2.45) is 5.41 Å². The lowest BCUT2D eigenvalue weighted by atomic mass is 9.94. The first-order chi connectivity index (χ1) is 12.3. The third-order valence-corrected chi connectivity index (χ3v) is 4.80. The minimum Gasteiger partial charge on any atom is -0.465 e. The zero-order valence-electron chi connectivity index (χ0n) is 15.8. The van der Waals surface area contributed by atoms with Crippen molar-refractivity contribution >= 4 is 23.4 Å². The first-order valence-corrected chi connectivity index (χ1v) is 9.50. The number of nitrogens with two attached hydrogens (primary N) is 1. The molecular weight excluding hydrogens is 342 g/mol. The lowest BCUT2D eigenvalue weighted by molar-refractivity contribution is 0.0602. The molecule has 0 spiro atoms. The number of hydrogen-bond donors (Lipinski definition) is 1. The van der Waals surface area contributed by atoms with Crippen LogP contribution in [0.1, 0.15) is 48.7 Å². The van der Waals surface area contributed by atoms with Gasteiger partial charge in [0.2, 0.25) is 0 Å². The Labute approximate surface area is 160 Å². The average molecular weight is 368 g/mol.